The molecule has 0 unspecified atom stereocenters. The van der Waals surface area contributed by atoms with Crippen LogP contribution in [0.5, 0.6) is 5.75 Å². The predicted molar refractivity (Wildman–Crippen MR) is 186 cm³/mol. The summed E-state index contributed by atoms with van der Waals surface area (Å²) in [5.74, 6) is -2.33. The Kier molecular flexibility index (Phi) is 12.5. The number of carbonyl (C=O) groups excluding carboxylic acids is 5. The molecule has 1 fully saturated rings. The standard InChI is InChI=1S/C35H46N6O6S/c1-20(2)17-27(38-34(46)30(21(3)4)40-29(42)19-47-24-13-11-23(12-14-24)41(5)6)33(45)37-26(18-22-15-16-36-32(22)44)31(43)35-39-25-9-7-8-10-28(25)48-35/h7-14,20-22,26-27,30H,15-19H2,1-6H3,(H,36,44)(H,37,45)(H,38,46)(H,40,42)/t22-,26-,27-,30-/m1/s1. The van der Waals surface area contributed by atoms with Gasteiger partial charge in [0.05, 0.1) is 16.3 Å². The van der Waals surface area contributed by atoms with Gasteiger partial charge in [-0.3, -0.25) is 24.0 Å². The van der Waals surface area contributed by atoms with Crippen LogP contribution >= 0.6 is 11.3 Å². The predicted octanol–water partition coefficient (Wildman–Crippen LogP) is 3.31. The first-order valence-corrected chi connectivity index (χ1v) is 17.1. The van der Waals surface area contributed by atoms with Crippen LogP contribution in [0.4, 0.5) is 5.69 Å². The molecule has 3 aromatic rings. The van der Waals surface area contributed by atoms with Crippen molar-refractivity contribution in [3.05, 3.63) is 53.5 Å². The number of nitrogens with one attached hydrogen (secondary N) is 4. The lowest BCUT2D eigenvalue weighted by atomic mass is 9.94. The van der Waals surface area contributed by atoms with E-state index in [0.29, 0.717) is 24.2 Å². The van der Waals surface area contributed by atoms with Gasteiger partial charge < -0.3 is 30.9 Å². The monoisotopic (exact) mass is 678 g/mol. The fourth-order valence-corrected chi connectivity index (χ4v) is 6.45. The van der Waals surface area contributed by atoms with Crippen LogP contribution in [0, 0.1) is 17.8 Å². The fraction of sp³-hybridized carbons (Fsp3) is 0.486. The summed E-state index contributed by atoms with van der Waals surface area (Å²) in [5, 5.41) is 11.4. The fourth-order valence-electron chi connectivity index (χ4n) is 5.49. The van der Waals surface area contributed by atoms with E-state index in [1.165, 1.54) is 11.3 Å². The van der Waals surface area contributed by atoms with Gasteiger partial charge in [0, 0.05) is 32.2 Å². The van der Waals surface area contributed by atoms with Crippen molar-refractivity contribution < 1.29 is 28.7 Å². The van der Waals surface area contributed by atoms with E-state index in [4.69, 9.17) is 4.74 Å². The van der Waals surface area contributed by atoms with Crippen molar-refractivity contribution in [2.24, 2.45) is 17.8 Å². The number of rotatable bonds is 16. The zero-order valence-electron chi connectivity index (χ0n) is 28.4. The molecular weight excluding hydrogens is 632 g/mol. The average molecular weight is 679 g/mol. The topological polar surface area (TPSA) is 159 Å². The van der Waals surface area contributed by atoms with E-state index >= 15 is 0 Å². The zero-order valence-corrected chi connectivity index (χ0v) is 29.2. The van der Waals surface area contributed by atoms with Gasteiger partial charge in [0.1, 0.15) is 17.8 Å². The number of hydrogen-bond acceptors (Lipinski definition) is 9. The first kappa shape index (κ1) is 36.3. The molecule has 1 aromatic heterocycles. The van der Waals surface area contributed by atoms with Gasteiger partial charge in [-0.25, -0.2) is 4.98 Å². The summed E-state index contributed by atoms with van der Waals surface area (Å²) in [6.45, 7) is 7.64. The minimum atomic E-state index is -1.02. The number of aromatic nitrogens is 1. The molecular formula is C35H46N6O6S. The summed E-state index contributed by atoms with van der Waals surface area (Å²) in [6, 6.07) is 11.7. The van der Waals surface area contributed by atoms with Crippen LogP contribution in [0.3, 0.4) is 0 Å². The largest absolute Gasteiger partial charge is 0.484 e. The molecule has 48 heavy (non-hydrogen) atoms. The summed E-state index contributed by atoms with van der Waals surface area (Å²) < 4.78 is 6.46. The molecule has 1 saturated heterocycles. The number of amides is 4. The quantitative estimate of drug-likeness (QED) is 0.168. The highest BCUT2D eigenvalue weighted by molar-refractivity contribution is 7.20. The molecule has 12 nitrogen and oxygen atoms in total. The summed E-state index contributed by atoms with van der Waals surface area (Å²) in [6.07, 6.45) is 0.941. The van der Waals surface area contributed by atoms with E-state index in [2.05, 4.69) is 26.3 Å². The maximum Gasteiger partial charge on any atom is 0.258 e. The Labute approximate surface area is 285 Å². The number of nitrogens with zero attached hydrogens (tertiary/aromatic N) is 2. The third kappa shape index (κ3) is 9.75. The Hall–Kier alpha value is -4.52. The number of carbonyl (C=O) groups is 5. The lowest BCUT2D eigenvalue weighted by Crippen LogP contribution is -2.57. The van der Waals surface area contributed by atoms with Gasteiger partial charge in [-0.2, -0.15) is 0 Å². The van der Waals surface area contributed by atoms with Crippen molar-refractivity contribution >= 4 is 56.7 Å². The first-order valence-electron chi connectivity index (χ1n) is 16.3. The van der Waals surface area contributed by atoms with Crippen LogP contribution < -0.4 is 30.9 Å². The van der Waals surface area contributed by atoms with Gasteiger partial charge in [0.25, 0.3) is 5.91 Å². The second kappa shape index (κ2) is 16.5. The molecule has 4 N–H and O–H groups in total. The molecule has 0 bridgehead atoms. The van der Waals surface area contributed by atoms with Gasteiger partial charge >= 0.3 is 0 Å². The summed E-state index contributed by atoms with van der Waals surface area (Å²) >= 11 is 1.23. The highest BCUT2D eigenvalue weighted by Gasteiger charge is 2.36. The molecule has 4 amide bonds. The van der Waals surface area contributed by atoms with Gasteiger partial charge in [-0.1, -0.05) is 39.8 Å². The van der Waals surface area contributed by atoms with Gasteiger partial charge in [0.2, 0.25) is 23.5 Å². The number of Topliss-reactive ketones (excluding diaryl/α,β-unsaturated/α-hetero) is 1. The lowest BCUT2D eigenvalue weighted by Gasteiger charge is -2.27. The number of ketones is 1. The maximum atomic E-state index is 13.8. The van der Waals surface area contributed by atoms with Crippen LogP contribution in [0.1, 0.15) is 56.8 Å². The number of hydrogen-bond donors (Lipinski definition) is 4. The van der Waals surface area contributed by atoms with Crippen molar-refractivity contribution in [2.75, 3.05) is 32.1 Å². The molecule has 0 saturated carbocycles. The van der Waals surface area contributed by atoms with Gasteiger partial charge in [0.15, 0.2) is 11.6 Å². The molecule has 4 rings (SSSR count). The lowest BCUT2D eigenvalue weighted by molar-refractivity contribution is -0.134. The highest BCUT2D eigenvalue weighted by Crippen LogP contribution is 2.25. The molecule has 13 heteroatoms. The van der Waals surface area contributed by atoms with Crippen LogP contribution in [-0.4, -0.2) is 79.8 Å². The molecule has 0 aliphatic carbocycles. The van der Waals surface area contributed by atoms with Gasteiger partial charge in [-0.15, -0.1) is 11.3 Å². The van der Waals surface area contributed by atoms with Crippen LogP contribution in [0.25, 0.3) is 10.2 Å². The Balaban J connectivity index is 1.45. The van der Waals surface area contributed by atoms with Crippen molar-refractivity contribution in [3.63, 3.8) is 0 Å². The highest BCUT2D eigenvalue weighted by atomic mass is 32.1. The number of anilines is 1. The van der Waals surface area contributed by atoms with E-state index in [0.717, 1.165) is 10.4 Å². The van der Waals surface area contributed by atoms with Crippen molar-refractivity contribution in [2.45, 2.75) is 65.1 Å². The Bertz CT molecular complexity index is 1570. The number of fused-ring (bicyclic) bond motifs is 1. The zero-order chi connectivity index (χ0) is 35.0. The number of benzene rings is 2. The second-order valence-corrected chi connectivity index (χ2v) is 14.1. The van der Waals surface area contributed by atoms with E-state index in [1.807, 2.05) is 69.2 Å². The molecule has 0 radical (unpaired) electrons. The van der Waals surface area contributed by atoms with Crippen molar-refractivity contribution in [1.82, 2.24) is 26.3 Å². The molecule has 2 aromatic carbocycles. The van der Waals surface area contributed by atoms with Crippen LogP contribution in [-0.2, 0) is 19.2 Å². The Morgan fingerprint density at radius 1 is 0.958 bits per heavy atom. The third-order valence-electron chi connectivity index (χ3n) is 8.15. The normalized spacial score (nSPS) is 16.2. The Morgan fingerprint density at radius 2 is 1.65 bits per heavy atom. The summed E-state index contributed by atoms with van der Waals surface area (Å²) in [4.78, 5) is 72.9. The summed E-state index contributed by atoms with van der Waals surface area (Å²) in [7, 11) is 3.85. The molecule has 258 valence electrons. The summed E-state index contributed by atoms with van der Waals surface area (Å²) in [5.41, 5.74) is 1.66. The van der Waals surface area contributed by atoms with Gasteiger partial charge in [-0.05, 0) is 67.5 Å². The van der Waals surface area contributed by atoms with Crippen LogP contribution in [0.2, 0.25) is 0 Å². The average Bonchev–Trinajstić information content (AvgIpc) is 3.67. The SMILES string of the molecule is CC(C)C[C@@H](NC(=O)[C@H](NC(=O)COc1ccc(N(C)C)cc1)C(C)C)C(=O)N[C@H](C[C@H]1CCNC1=O)C(=O)c1nc2ccccc2s1. The minimum Gasteiger partial charge on any atom is -0.484 e. The van der Waals surface area contributed by atoms with E-state index in [1.54, 1.807) is 26.0 Å². The third-order valence-corrected chi connectivity index (χ3v) is 9.20. The second-order valence-electron chi connectivity index (χ2n) is 13.1. The van der Waals surface area contributed by atoms with Crippen LogP contribution in [0.15, 0.2) is 48.5 Å². The molecule has 2 heterocycles. The number of ether oxygens (including phenoxy) is 1. The minimum absolute atomic E-state index is 0.0134. The van der Waals surface area contributed by atoms with Crippen molar-refractivity contribution in [1.29, 1.82) is 0 Å². The number of para-hydroxylation sites is 1. The van der Waals surface area contributed by atoms with E-state index in [-0.39, 0.29) is 48.0 Å². The van der Waals surface area contributed by atoms with E-state index in [9.17, 15) is 24.0 Å². The molecule has 1 aliphatic rings. The molecule has 4 atom stereocenters. The number of thiazole rings is 1. The first-order chi connectivity index (χ1) is 22.8. The van der Waals surface area contributed by atoms with E-state index < -0.39 is 41.8 Å². The Morgan fingerprint density at radius 3 is 2.25 bits per heavy atom. The molecule has 0 spiro atoms. The smallest absolute Gasteiger partial charge is 0.258 e. The molecule has 1 aliphatic heterocycles. The maximum absolute atomic E-state index is 13.8. The van der Waals surface area contributed by atoms with Crippen molar-refractivity contribution in [3.8, 4) is 5.75 Å².